The van der Waals surface area contributed by atoms with Gasteiger partial charge in [0.25, 0.3) is 0 Å². The second kappa shape index (κ2) is 8.17. The van der Waals surface area contributed by atoms with Gasteiger partial charge in [-0.2, -0.15) is 0 Å². The Morgan fingerprint density at radius 3 is 2.57 bits per heavy atom. The van der Waals surface area contributed by atoms with Crippen molar-refractivity contribution >= 4 is 5.91 Å². The molecule has 0 aromatic heterocycles. The summed E-state index contributed by atoms with van der Waals surface area (Å²) in [5.74, 6) is 1.73. The first-order valence-electron chi connectivity index (χ1n) is 9.23. The molecule has 2 fully saturated rings. The van der Waals surface area contributed by atoms with Gasteiger partial charge in [-0.05, 0) is 31.1 Å². The molecular formula is C18H34N2O. The van der Waals surface area contributed by atoms with Crippen LogP contribution in [0.1, 0.15) is 78.6 Å². The molecule has 122 valence electrons. The fourth-order valence-electron chi connectivity index (χ4n) is 3.97. The largest absolute Gasteiger partial charge is 0.326 e. The van der Waals surface area contributed by atoms with Crippen molar-refractivity contribution in [2.24, 2.45) is 11.8 Å². The third-order valence-corrected chi connectivity index (χ3v) is 5.56. The summed E-state index contributed by atoms with van der Waals surface area (Å²) in [5.41, 5.74) is 0. The van der Waals surface area contributed by atoms with E-state index in [4.69, 9.17) is 0 Å². The van der Waals surface area contributed by atoms with Crippen molar-refractivity contribution in [2.45, 2.75) is 90.8 Å². The molecule has 1 saturated carbocycles. The number of hydrogen-bond donors (Lipinski definition) is 1. The van der Waals surface area contributed by atoms with Gasteiger partial charge in [0.15, 0.2) is 0 Å². The number of amides is 1. The zero-order valence-electron chi connectivity index (χ0n) is 14.2. The highest BCUT2D eigenvalue weighted by Gasteiger charge is 2.39. The highest BCUT2D eigenvalue weighted by atomic mass is 16.2. The summed E-state index contributed by atoms with van der Waals surface area (Å²) in [6.07, 6.45) is 11.7. The summed E-state index contributed by atoms with van der Waals surface area (Å²) in [5, 5.41) is 3.60. The number of carbonyl (C=O) groups excluding carboxylic acids is 1. The predicted molar refractivity (Wildman–Crippen MR) is 88.0 cm³/mol. The molecule has 3 atom stereocenters. The molecule has 3 heteroatoms. The van der Waals surface area contributed by atoms with Crippen molar-refractivity contribution in [2.75, 3.05) is 6.54 Å². The van der Waals surface area contributed by atoms with Gasteiger partial charge in [0.2, 0.25) is 5.91 Å². The van der Waals surface area contributed by atoms with Crippen LogP contribution in [0.2, 0.25) is 0 Å². The molecule has 0 bridgehead atoms. The summed E-state index contributed by atoms with van der Waals surface area (Å²) in [7, 11) is 0. The molecule has 3 unspecified atom stereocenters. The van der Waals surface area contributed by atoms with Crippen molar-refractivity contribution < 1.29 is 4.79 Å². The molecule has 2 aliphatic rings. The number of hydrogen-bond acceptors (Lipinski definition) is 2. The Kier molecular flexibility index (Phi) is 6.53. The summed E-state index contributed by atoms with van der Waals surface area (Å²) in [6, 6.07) is 0.0537. The molecule has 21 heavy (non-hydrogen) atoms. The van der Waals surface area contributed by atoms with Crippen molar-refractivity contribution in [1.82, 2.24) is 10.2 Å². The average Bonchev–Trinajstić information content (AvgIpc) is 3.09. The third kappa shape index (κ3) is 4.21. The molecule has 0 aromatic rings. The van der Waals surface area contributed by atoms with Gasteiger partial charge >= 0.3 is 0 Å². The smallest absolute Gasteiger partial charge is 0.241 e. The molecule has 1 N–H and O–H groups in total. The maximum absolute atomic E-state index is 12.7. The SMILES string of the molecule is CCCC1NC(C(C)CC)C(=O)N1CCCC1CCCC1. The van der Waals surface area contributed by atoms with Crippen LogP contribution in [-0.2, 0) is 4.79 Å². The molecule has 3 nitrogen and oxygen atoms in total. The minimum atomic E-state index is 0.0537. The number of rotatable bonds is 8. The first kappa shape index (κ1) is 16.8. The van der Waals surface area contributed by atoms with Gasteiger partial charge in [-0.1, -0.05) is 59.3 Å². The minimum Gasteiger partial charge on any atom is -0.326 e. The molecule has 2 rings (SSSR count). The van der Waals surface area contributed by atoms with Crippen LogP contribution in [0.5, 0.6) is 0 Å². The first-order valence-corrected chi connectivity index (χ1v) is 9.23. The Morgan fingerprint density at radius 2 is 1.95 bits per heavy atom. The highest BCUT2D eigenvalue weighted by molar-refractivity contribution is 5.84. The maximum atomic E-state index is 12.7. The van der Waals surface area contributed by atoms with Gasteiger partial charge in [-0.15, -0.1) is 0 Å². The van der Waals surface area contributed by atoms with E-state index in [9.17, 15) is 4.79 Å². The molecule has 1 amide bonds. The molecular weight excluding hydrogens is 260 g/mol. The molecule has 1 heterocycles. The second-order valence-electron chi connectivity index (χ2n) is 7.16. The van der Waals surface area contributed by atoms with E-state index in [1.54, 1.807) is 0 Å². The van der Waals surface area contributed by atoms with Crippen molar-refractivity contribution in [3.63, 3.8) is 0 Å². The van der Waals surface area contributed by atoms with E-state index in [2.05, 4.69) is 31.0 Å². The van der Waals surface area contributed by atoms with E-state index in [1.807, 2.05) is 0 Å². The van der Waals surface area contributed by atoms with E-state index < -0.39 is 0 Å². The van der Waals surface area contributed by atoms with Gasteiger partial charge in [0, 0.05) is 6.54 Å². The Balaban J connectivity index is 1.86. The van der Waals surface area contributed by atoms with Crippen LogP contribution in [0.3, 0.4) is 0 Å². The lowest BCUT2D eigenvalue weighted by molar-refractivity contribution is -0.131. The summed E-state index contributed by atoms with van der Waals surface area (Å²) in [6.45, 7) is 7.54. The van der Waals surface area contributed by atoms with Crippen LogP contribution in [0, 0.1) is 11.8 Å². The Hall–Kier alpha value is -0.570. The average molecular weight is 294 g/mol. The maximum Gasteiger partial charge on any atom is 0.241 e. The van der Waals surface area contributed by atoms with Crippen LogP contribution in [0.4, 0.5) is 0 Å². The molecule has 1 saturated heterocycles. The molecule has 1 aliphatic carbocycles. The molecule has 0 aromatic carbocycles. The highest BCUT2D eigenvalue weighted by Crippen LogP contribution is 2.29. The molecule has 1 aliphatic heterocycles. The van der Waals surface area contributed by atoms with E-state index in [1.165, 1.54) is 38.5 Å². The van der Waals surface area contributed by atoms with Crippen molar-refractivity contribution in [3.8, 4) is 0 Å². The van der Waals surface area contributed by atoms with Gasteiger partial charge in [0.1, 0.15) is 0 Å². The Labute approximate surface area is 130 Å². The van der Waals surface area contributed by atoms with Crippen LogP contribution in [-0.4, -0.2) is 29.6 Å². The topological polar surface area (TPSA) is 32.3 Å². The third-order valence-electron chi connectivity index (χ3n) is 5.56. The standard InChI is InChI=1S/C18H34N2O/c1-4-9-16-19-17(14(3)5-2)18(21)20(16)13-8-12-15-10-6-7-11-15/h14-17,19H,4-13H2,1-3H3. The summed E-state index contributed by atoms with van der Waals surface area (Å²) < 4.78 is 0. The predicted octanol–water partition coefficient (Wildman–Crippen LogP) is 3.93. The van der Waals surface area contributed by atoms with E-state index in [0.29, 0.717) is 11.8 Å². The summed E-state index contributed by atoms with van der Waals surface area (Å²) >= 11 is 0. The minimum absolute atomic E-state index is 0.0537. The second-order valence-corrected chi connectivity index (χ2v) is 7.16. The lowest BCUT2D eigenvalue weighted by atomic mass is 9.99. The van der Waals surface area contributed by atoms with Crippen LogP contribution >= 0.6 is 0 Å². The van der Waals surface area contributed by atoms with Crippen molar-refractivity contribution in [3.05, 3.63) is 0 Å². The first-order chi connectivity index (χ1) is 10.2. The number of nitrogens with zero attached hydrogens (tertiary/aromatic N) is 1. The zero-order valence-corrected chi connectivity index (χ0v) is 14.2. The van der Waals surface area contributed by atoms with Crippen molar-refractivity contribution in [1.29, 1.82) is 0 Å². The lowest BCUT2D eigenvalue weighted by Crippen LogP contribution is -2.38. The molecule has 0 spiro atoms. The zero-order chi connectivity index (χ0) is 15.2. The Morgan fingerprint density at radius 1 is 1.24 bits per heavy atom. The number of carbonyl (C=O) groups is 1. The van der Waals surface area contributed by atoms with E-state index in [0.717, 1.165) is 31.7 Å². The fraction of sp³-hybridized carbons (Fsp3) is 0.944. The summed E-state index contributed by atoms with van der Waals surface area (Å²) in [4.78, 5) is 14.8. The van der Waals surface area contributed by atoms with Crippen LogP contribution in [0.25, 0.3) is 0 Å². The van der Waals surface area contributed by atoms with Crippen LogP contribution < -0.4 is 5.32 Å². The van der Waals surface area contributed by atoms with Gasteiger partial charge in [0.05, 0.1) is 12.2 Å². The molecule has 0 radical (unpaired) electrons. The monoisotopic (exact) mass is 294 g/mol. The quantitative estimate of drug-likeness (QED) is 0.735. The lowest BCUT2D eigenvalue weighted by Gasteiger charge is -2.24. The van der Waals surface area contributed by atoms with Gasteiger partial charge < -0.3 is 4.90 Å². The van der Waals surface area contributed by atoms with E-state index >= 15 is 0 Å². The normalized spacial score (nSPS) is 28.5. The van der Waals surface area contributed by atoms with E-state index in [-0.39, 0.29) is 12.2 Å². The number of nitrogens with one attached hydrogen (secondary N) is 1. The van der Waals surface area contributed by atoms with Gasteiger partial charge in [-0.3, -0.25) is 10.1 Å². The fourth-order valence-corrected chi connectivity index (χ4v) is 3.97. The Bertz CT molecular complexity index is 325. The van der Waals surface area contributed by atoms with Crippen LogP contribution in [0.15, 0.2) is 0 Å². The van der Waals surface area contributed by atoms with Gasteiger partial charge in [-0.25, -0.2) is 0 Å².